The molecule has 2 unspecified atom stereocenters. The molecule has 6 rings (SSSR count). The number of hydrogen-bond acceptors (Lipinski definition) is 3. The smallest absolute Gasteiger partial charge is 0.324 e. The van der Waals surface area contributed by atoms with Gasteiger partial charge in [-0.3, -0.25) is 10.1 Å². The lowest BCUT2D eigenvalue weighted by atomic mass is 9.44. The Kier molecular flexibility index (Phi) is 4.17. The molecule has 1 heterocycles. The van der Waals surface area contributed by atoms with Gasteiger partial charge in [0.15, 0.2) is 0 Å². The van der Waals surface area contributed by atoms with Crippen LogP contribution >= 0.6 is 0 Å². The molecule has 3 nitrogen and oxygen atoms in total. The topological polar surface area (TPSA) is 38.3 Å². The maximum atomic E-state index is 14.0. The number of carbonyl (C=O) groups is 1. The van der Waals surface area contributed by atoms with Crippen molar-refractivity contribution in [3.63, 3.8) is 0 Å². The molecule has 1 aromatic carbocycles. The molecule has 174 valence electrons. The van der Waals surface area contributed by atoms with Gasteiger partial charge in [-0.05, 0) is 115 Å². The summed E-state index contributed by atoms with van der Waals surface area (Å²) in [5, 5.41) is 3.77. The SMILES string of the molecule is COC(=O)[C@@H]1N[C@H](c2ccc(F)cc2)C23C4=C(C)C(C)=C2C(C)=C(C)C2=C(C)C(C)=C(C=C4)C213. The highest BCUT2D eigenvalue weighted by Crippen LogP contribution is 2.80. The van der Waals surface area contributed by atoms with Gasteiger partial charge >= 0.3 is 5.97 Å². The zero-order valence-electron chi connectivity index (χ0n) is 20.8. The predicted octanol–water partition coefficient (Wildman–Crippen LogP) is 6.20. The Balaban J connectivity index is 1.84. The van der Waals surface area contributed by atoms with Gasteiger partial charge in [-0.2, -0.15) is 0 Å². The van der Waals surface area contributed by atoms with Gasteiger partial charge in [0, 0.05) is 6.04 Å². The summed E-state index contributed by atoms with van der Waals surface area (Å²) in [6, 6.07) is 5.98. The summed E-state index contributed by atoms with van der Waals surface area (Å²) in [4.78, 5) is 13.6. The fourth-order valence-electron chi connectivity index (χ4n) is 8.09. The summed E-state index contributed by atoms with van der Waals surface area (Å²) in [6.45, 7) is 13.2. The first-order valence-electron chi connectivity index (χ1n) is 12.0. The van der Waals surface area contributed by atoms with Crippen LogP contribution in [0.3, 0.4) is 0 Å². The second-order valence-corrected chi connectivity index (χ2v) is 10.4. The Hall–Kier alpha value is -2.98. The number of esters is 1. The minimum Gasteiger partial charge on any atom is -0.468 e. The molecule has 2 spiro atoms. The summed E-state index contributed by atoms with van der Waals surface area (Å²) in [7, 11) is 1.47. The predicted molar refractivity (Wildman–Crippen MR) is 131 cm³/mol. The summed E-state index contributed by atoms with van der Waals surface area (Å²) >= 11 is 0. The Bertz CT molecular complexity index is 1400. The van der Waals surface area contributed by atoms with Gasteiger partial charge in [-0.1, -0.05) is 24.3 Å². The van der Waals surface area contributed by atoms with E-state index in [1.54, 1.807) is 0 Å². The molecular weight excluding hydrogens is 425 g/mol. The van der Waals surface area contributed by atoms with E-state index in [0.717, 1.165) is 5.56 Å². The minimum absolute atomic E-state index is 0.216. The summed E-state index contributed by atoms with van der Waals surface area (Å²) in [5.74, 6) is -0.523. The van der Waals surface area contributed by atoms with Crippen molar-refractivity contribution in [3.8, 4) is 0 Å². The van der Waals surface area contributed by atoms with E-state index in [2.05, 4.69) is 59.0 Å². The number of methoxy groups -OCH3 is 1. The normalized spacial score (nSPS) is 33.4. The van der Waals surface area contributed by atoms with Crippen LogP contribution in [0.4, 0.5) is 4.39 Å². The molecular formula is C30H30FNO2. The summed E-state index contributed by atoms with van der Waals surface area (Å²) in [6.07, 6.45) is 4.50. The van der Waals surface area contributed by atoms with Crippen LogP contribution in [0.1, 0.15) is 53.1 Å². The van der Waals surface area contributed by atoms with E-state index >= 15 is 0 Å². The molecule has 1 aliphatic heterocycles. The first-order chi connectivity index (χ1) is 16.1. The monoisotopic (exact) mass is 455 g/mol. The second kappa shape index (κ2) is 6.57. The fraction of sp³-hybridized carbons (Fsp3) is 0.367. The molecule has 4 atom stereocenters. The Morgan fingerprint density at radius 3 is 1.82 bits per heavy atom. The van der Waals surface area contributed by atoms with Gasteiger partial charge < -0.3 is 4.74 Å². The van der Waals surface area contributed by atoms with Crippen molar-refractivity contribution in [1.82, 2.24) is 5.32 Å². The van der Waals surface area contributed by atoms with Crippen molar-refractivity contribution in [2.45, 2.75) is 53.6 Å². The maximum Gasteiger partial charge on any atom is 0.324 e. The highest BCUT2D eigenvalue weighted by molar-refractivity contribution is 5.89. The molecule has 0 saturated carbocycles. The van der Waals surface area contributed by atoms with Crippen LogP contribution in [0.25, 0.3) is 0 Å². The van der Waals surface area contributed by atoms with Crippen LogP contribution in [-0.2, 0) is 9.53 Å². The van der Waals surface area contributed by atoms with Crippen LogP contribution in [0.2, 0.25) is 0 Å². The van der Waals surface area contributed by atoms with E-state index < -0.39 is 16.9 Å². The van der Waals surface area contributed by atoms with Crippen LogP contribution in [0, 0.1) is 16.6 Å². The van der Waals surface area contributed by atoms with E-state index in [9.17, 15) is 9.18 Å². The molecule has 1 aromatic rings. The quantitative estimate of drug-likeness (QED) is 0.540. The molecule has 0 radical (unpaired) electrons. The Morgan fingerprint density at radius 1 is 0.794 bits per heavy atom. The number of carbonyl (C=O) groups excluding carboxylic acids is 1. The van der Waals surface area contributed by atoms with Gasteiger partial charge in [0.05, 0.1) is 17.9 Å². The van der Waals surface area contributed by atoms with Crippen molar-refractivity contribution < 1.29 is 13.9 Å². The highest BCUT2D eigenvalue weighted by atomic mass is 19.1. The van der Waals surface area contributed by atoms with Crippen LogP contribution in [0.5, 0.6) is 0 Å². The standard InChI is InChI=1S/C30H30FNO2/c1-14-16(3)24-18(5)19(6)25-17(4)15(2)23-13-12-22(14)29(24)26(20-8-10-21(31)11-9-20)32-27(28(33)34-7)30(23,25)29/h8-13,26-27,32H,1-7H3/t26-,27+,29?,30?/m1/s1. The number of nitrogens with one attached hydrogen (secondary N) is 1. The number of halogens is 1. The molecule has 5 aliphatic rings. The molecule has 0 amide bonds. The Morgan fingerprint density at radius 2 is 1.29 bits per heavy atom. The molecule has 0 aromatic heterocycles. The first-order valence-corrected chi connectivity index (χ1v) is 12.0. The maximum absolute atomic E-state index is 14.0. The van der Waals surface area contributed by atoms with E-state index in [1.165, 1.54) is 75.0 Å². The zero-order valence-corrected chi connectivity index (χ0v) is 20.8. The zero-order chi connectivity index (χ0) is 24.3. The molecule has 4 heteroatoms. The third-order valence-electron chi connectivity index (χ3n) is 9.51. The van der Waals surface area contributed by atoms with Gasteiger partial charge in [-0.15, -0.1) is 0 Å². The van der Waals surface area contributed by atoms with Crippen molar-refractivity contribution in [2.24, 2.45) is 10.8 Å². The summed E-state index contributed by atoms with van der Waals surface area (Å²) in [5.41, 5.74) is 12.4. The lowest BCUT2D eigenvalue weighted by Gasteiger charge is -2.56. The second-order valence-electron chi connectivity index (χ2n) is 10.4. The number of benzene rings is 1. The number of rotatable bonds is 2. The molecule has 4 aliphatic carbocycles. The van der Waals surface area contributed by atoms with Gasteiger partial charge in [0.25, 0.3) is 0 Å². The van der Waals surface area contributed by atoms with Crippen LogP contribution < -0.4 is 5.32 Å². The first kappa shape index (κ1) is 21.5. The van der Waals surface area contributed by atoms with Gasteiger partial charge in [-0.25, -0.2) is 4.39 Å². The van der Waals surface area contributed by atoms with E-state index in [0.29, 0.717) is 0 Å². The third kappa shape index (κ3) is 1.99. The van der Waals surface area contributed by atoms with Gasteiger partial charge in [0.1, 0.15) is 11.9 Å². The molecule has 1 fully saturated rings. The number of allylic oxidation sites excluding steroid dienone is 8. The van der Waals surface area contributed by atoms with Crippen molar-refractivity contribution in [2.75, 3.05) is 7.11 Å². The Labute approximate surface area is 200 Å². The average Bonchev–Trinajstić information content (AvgIpc) is 3.35. The minimum atomic E-state index is -0.616. The van der Waals surface area contributed by atoms with E-state index in [4.69, 9.17) is 4.74 Å². The van der Waals surface area contributed by atoms with Crippen LogP contribution in [0.15, 0.2) is 92.1 Å². The van der Waals surface area contributed by atoms with E-state index in [-0.39, 0.29) is 17.8 Å². The highest BCUT2D eigenvalue weighted by Gasteiger charge is 2.77. The van der Waals surface area contributed by atoms with Crippen molar-refractivity contribution in [1.29, 1.82) is 0 Å². The molecule has 1 N–H and O–H groups in total. The largest absolute Gasteiger partial charge is 0.468 e. The van der Waals surface area contributed by atoms with E-state index in [1.807, 2.05) is 12.1 Å². The average molecular weight is 456 g/mol. The van der Waals surface area contributed by atoms with Crippen LogP contribution in [-0.4, -0.2) is 19.1 Å². The van der Waals surface area contributed by atoms with Crippen molar-refractivity contribution in [3.05, 3.63) is 104 Å². The molecule has 0 bridgehead atoms. The molecule has 34 heavy (non-hydrogen) atoms. The fourth-order valence-corrected chi connectivity index (χ4v) is 8.09. The number of hydrogen-bond donors (Lipinski definition) is 1. The van der Waals surface area contributed by atoms with Gasteiger partial charge in [0.2, 0.25) is 0 Å². The van der Waals surface area contributed by atoms with Crippen molar-refractivity contribution >= 4 is 5.97 Å². The lowest BCUT2D eigenvalue weighted by molar-refractivity contribution is -0.145. The third-order valence-corrected chi connectivity index (χ3v) is 9.51. The lowest BCUT2D eigenvalue weighted by Crippen LogP contribution is -2.55. The summed E-state index contributed by atoms with van der Waals surface area (Å²) < 4.78 is 19.4. The number of ether oxygens (including phenoxy) is 1. The molecule has 1 saturated heterocycles.